The van der Waals surface area contributed by atoms with Gasteiger partial charge in [-0.15, -0.1) is 0 Å². The molecule has 1 amide bonds. The van der Waals surface area contributed by atoms with Gasteiger partial charge in [0.25, 0.3) is 5.69 Å². The molecule has 2 fully saturated rings. The molecule has 0 radical (unpaired) electrons. The first-order valence-electron chi connectivity index (χ1n) is 10.1. The van der Waals surface area contributed by atoms with Gasteiger partial charge in [-0.3, -0.25) is 10.1 Å². The molecule has 0 bridgehead atoms. The van der Waals surface area contributed by atoms with Crippen molar-refractivity contribution in [2.75, 3.05) is 25.0 Å². The number of amides is 1. The van der Waals surface area contributed by atoms with E-state index in [2.05, 4.69) is 42.0 Å². The number of hydrogen-bond donors (Lipinski definition) is 1. The number of nitro groups is 1. The molecule has 1 aromatic rings. The largest absolute Gasteiger partial charge is 0.441 e. The van der Waals surface area contributed by atoms with E-state index in [1.165, 1.54) is 0 Å². The van der Waals surface area contributed by atoms with Crippen LogP contribution in [0.25, 0.3) is 0 Å². The lowest BCUT2D eigenvalue weighted by atomic mass is 9.77. The van der Waals surface area contributed by atoms with Crippen molar-refractivity contribution in [1.29, 1.82) is 0 Å². The molecular weight excluding hydrogens is 438 g/mol. The Hall–Kier alpha value is -1.83. The standard InChI is InChI=1S/C21H30BrN3O4/c1-14-8-18(25(27)28)17(9-16(14)22)23-11-15-6-5-7-21(10-15)13-24(19(26)29-21)12-20(2,3)4/h8-9,15,23H,5-7,10-13H2,1-4H3/t15-,21-/m0/s1. The van der Waals surface area contributed by atoms with Gasteiger partial charge in [0.1, 0.15) is 11.3 Å². The van der Waals surface area contributed by atoms with E-state index in [0.29, 0.717) is 31.2 Å². The molecule has 1 heterocycles. The molecule has 8 heteroatoms. The van der Waals surface area contributed by atoms with Crippen molar-refractivity contribution >= 4 is 33.4 Å². The third kappa shape index (κ3) is 5.21. The van der Waals surface area contributed by atoms with Gasteiger partial charge in [-0.1, -0.05) is 36.7 Å². The van der Waals surface area contributed by atoms with Crippen LogP contribution in [0.5, 0.6) is 0 Å². The quantitative estimate of drug-likeness (QED) is 0.455. The topological polar surface area (TPSA) is 84.7 Å². The molecular formula is C21H30BrN3O4. The van der Waals surface area contributed by atoms with Crippen LogP contribution in [0.3, 0.4) is 0 Å². The summed E-state index contributed by atoms with van der Waals surface area (Å²) in [5, 5.41) is 14.7. The fourth-order valence-electron chi connectivity index (χ4n) is 4.45. The fourth-order valence-corrected chi connectivity index (χ4v) is 4.80. The van der Waals surface area contributed by atoms with Crippen molar-refractivity contribution in [2.45, 2.75) is 59.0 Å². The van der Waals surface area contributed by atoms with Gasteiger partial charge in [0.2, 0.25) is 0 Å². The number of nitrogens with one attached hydrogen (secondary N) is 1. The first-order valence-corrected chi connectivity index (χ1v) is 10.9. The van der Waals surface area contributed by atoms with E-state index in [0.717, 1.165) is 35.7 Å². The Bertz CT molecular complexity index is 808. The van der Waals surface area contributed by atoms with Gasteiger partial charge in [0.15, 0.2) is 0 Å². The van der Waals surface area contributed by atoms with E-state index in [1.807, 2.05) is 11.8 Å². The number of nitro benzene ring substituents is 1. The minimum absolute atomic E-state index is 0.0257. The average Bonchev–Trinajstić information content (AvgIpc) is 2.88. The molecule has 29 heavy (non-hydrogen) atoms. The Morgan fingerprint density at radius 1 is 1.41 bits per heavy atom. The highest BCUT2D eigenvalue weighted by atomic mass is 79.9. The van der Waals surface area contributed by atoms with Crippen LogP contribution in [0.2, 0.25) is 0 Å². The highest BCUT2D eigenvalue weighted by Gasteiger charge is 2.48. The van der Waals surface area contributed by atoms with Gasteiger partial charge < -0.3 is 15.0 Å². The number of halogens is 1. The van der Waals surface area contributed by atoms with E-state index in [-0.39, 0.29) is 22.1 Å². The van der Waals surface area contributed by atoms with E-state index in [1.54, 1.807) is 12.1 Å². The summed E-state index contributed by atoms with van der Waals surface area (Å²) in [6.07, 6.45) is 3.46. The van der Waals surface area contributed by atoms with Crippen LogP contribution in [0.1, 0.15) is 52.0 Å². The number of benzene rings is 1. The maximum atomic E-state index is 12.4. The van der Waals surface area contributed by atoms with Gasteiger partial charge in [-0.25, -0.2) is 4.79 Å². The molecule has 2 atom stereocenters. The van der Waals surface area contributed by atoms with Crippen LogP contribution < -0.4 is 5.32 Å². The molecule has 1 aliphatic heterocycles. The van der Waals surface area contributed by atoms with Gasteiger partial charge in [0.05, 0.1) is 11.5 Å². The summed E-state index contributed by atoms with van der Waals surface area (Å²) in [4.78, 5) is 25.3. The molecule has 0 unspecified atom stereocenters. The van der Waals surface area contributed by atoms with E-state index in [4.69, 9.17) is 4.74 Å². The number of carbonyl (C=O) groups excluding carboxylic acids is 1. The lowest BCUT2D eigenvalue weighted by Crippen LogP contribution is -2.42. The van der Waals surface area contributed by atoms with Gasteiger partial charge in [0, 0.05) is 23.6 Å². The van der Waals surface area contributed by atoms with Gasteiger partial charge in [-0.2, -0.15) is 0 Å². The minimum atomic E-state index is -0.424. The summed E-state index contributed by atoms with van der Waals surface area (Å²) in [6.45, 7) is 10.1. The fraction of sp³-hybridized carbons (Fsp3) is 0.667. The number of aryl methyl sites for hydroxylation is 1. The molecule has 1 N–H and O–H groups in total. The van der Waals surface area contributed by atoms with Crippen molar-refractivity contribution in [3.8, 4) is 0 Å². The first-order chi connectivity index (χ1) is 13.5. The van der Waals surface area contributed by atoms with Crippen molar-refractivity contribution in [2.24, 2.45) is 11.3 Å². The van der Waals surface area contributed by atoms with Gasteiger partial charge >= 0.3 is 6.09 Å². The number of anilines is 1. The molecule has 2 aliphatic rings. The molecule has 0 aromatic heterocycles. The molecule has 1 aliphatic carbocycles. The minimum Gasteiger partial charge on any atom is -0.441 e. The molecule has 160 valence electrons. The van der Waals surface area contributed by atoms with Crippen LogP contribution >= 0.6 is 15.9 Å². The maximum absolute atomic E-state index is 12.4. The summed E-state index contributed by atoms with van der Waals surface area (Å²) in [5.41, 5.74) is 1.03. The van der Waals surface area contributed by atoms with Crippen LogP contribution in [0.4, 0.5) is 16.2 Å². The lowest BCUT2D eigenvalue weighted by Gasteiger charge is -2.36. The third-order valence-electron chi connectivity index (χ3n) is 5.67. The molecule has 1 saturated heterocycles. The van der Waals surface area contributed by atoms with E-state index in [9.17, 15) is 14.9 Å². The Balaban J connectivity index is 1.66. The normalized spacial score (nSPS) is 24.7. The van der Waals surface area contributed by atoms with Crippen molar-refractivity contribution in [3.05, 3.63) is 32.3 Å². The Morgan fingerprint density at radius 3 is 2.79 bits per heavy atom. The number of rotatable bonds is 5. The Kier molecular flexibility index (Phi) is 6.13. The Labute approximate surface area is 180 Å². The van der Waals surface area contributed by atoms with Crippen molar-refractivity contribution in [1.82, 2.24) is 4.90 Å². The predicted molar refractivity (Wildman–Crippen MR) is 116 cm³/mol. The molecule has 1 aromatic carbocycles. The number of ether oxygens (including phenoxy) is 1. The molecule has 3 rings (SSSR count). The van der Waals surface area contributed by atoms with E-state index < -0.39 is 5.60 Å². The lowest BCUT2D eigenvalue weighted by molar-refractivity contribution is -0.384. The van der Waals surface area contributed by atoms with Crippen molar-refractivity contribution < 1.29 is 14.5 Å². The van der Waals surface area contributed by atoms with Gasteiger partial charge in [-0.05, 0) is 55.6 Å². The number of hydrogen-bond acceptors (Lipinski definition) is 5. The van der Waals surface area contributed by atoms with Crippen LogP contribution in [0.15, 0.2) is 16.6 Å². The molecule has 1 spiro atoms. The van der Waals surface area contributed by atoms with Crippen LogP contribution in [0, 0.1) is 28.4 Å². The zero-order chi connectivity index (χ0) is 21.4. The highest BCUT2D eigenvalue weighted by Crippen LogP contribution is 2.41. The SMILES string of the molecule is Cc1cc([N+](=O)[O-])c(NC[C@H]2CCC[C@]3(C2)CN(CC(C)(C)C)C(=O)O3)cc1Br. The zero-order valence-electron chi connectivity index (χ0n) is 17.6. The van der Waals surface area contributed by atoms with Crippen LogP contribution in [-0.2, 0) is 4.74 Å². The highest BCUT2D eigenvalue weighted by molar-refractivity contribution is 9.10. The smallest absolute Gasteiger partial charge is 0.410 e. The summed E-state index contributed by atoms with van der Waals surface area (Å²) >= 11 is 3.46. The zero-order valence-corrected chi connectivity index (χ0v) is 19.2. The summed E-state index contributed by atoms with van der Waals surface area (Å²) < 4.78 is 6.71. The third-order valence-corrected chi connectivity index (χ3v) is 6.52. The maximum Gasteiger partial charge on any atom is 0.410 e. The summed E-state index contributed by atoms with van der Waals surface area (Å²) in [5.74, 6) is 0.297. The average molecular weight is 468 g/mol. The second-order valence-corrected chi connectivity index (χ2v) is 10.5. The molecule has 1 saturated carbocycles. The number of carbonyl (C=O) groups is 1. The Morgan fingerprint density at radius 2 is 2.14 bits per heavy atom. The second kappa shape index (κ2) is 8.13. The second-order valence-electron chi connectivity index (χ2n) is 9.69. The number of nitrogens with zero attached hydrogens (tertiary/aromatic N) is 2. The predicted octanol–water partition coefficient (Wildman–Crippen LogP) is 5.50. The van der Waals surface area contributed by atoms with Crippen LogP contribution in [-0.4, -0.2) is 41.2 Å². The first kappa shape index (κ1) is 21.9. The summed E-state index contributed by atoms with van der Waals surface area (Å²) in [7, 11) is 0. The van der Waals surface area contributed by atoms with Crippen molar-refractivity contribution in [3.63, 3.8) is 0 Å². The monoisotopic (exact) mass is 467 g/mol. The molecule has 7 nitrogen and oxygen atoms in total. The summed E-state index contributed by atoms with van der Waals surface area (Å²) in [6, 6.07) is 3.35. The van der Waals surface area contributed by atoms with E-state index >= 15 is 0 Å².